The van der Waals surface area contributed by atoms with Gasteiger partial charge in [-0.25, -0.2) is 0 Å². The molecule has 1 fully saturated rings. The predicted octanol–water partition coefficient (Wildman–Crippen LogP) is 1.10. The van der Waals surface area contributed by atoms with Crippen LogP contribution in [0.3, 0.4) is 0 Å². The quantitative estimate of drug-likeness (QED) is 0.445. The molecule has 1 unspecified atom stereocenters. The third kappa shape index (κ3) is 8.27. The second kappa shape index (κ2) is 11.2. The van der Waals surface area contributed by atoms with Crippen molar-refractivity contribution in [1.82, 2.24) is 5.32 Å². The number of carboxylic acid groups (broad SMARTS) is 1. The summed E-state index contributed by atoms with van der Waals surface area (Å²) in [6.45, 7) is -0.551. The number of aliphatic carboxylic acids is 1. The second-order valence-electron chi connectivity index (χ2n) is 6.04. The molecule has 25 heavy (non-hydrogen) atoms. The van der Waals surface area contributed by atoms with Gasteiger partial charge in [0, 0.05) is 23.7 Å². The normalized spacial score (nSPS) is 16.3. The topological polar surface area (TPSA) is 142 Å². The van der Waals surface area contributed by atoms with E-state index in [4.69, 9.17) is 5.11 Å². The summed E-state index contributed by atoms with van der Waals surface area (Å²) in [5, 5.41) is 13.4. The lowest BCUT2D eigenvalue weighted by Crippen LogP contribution is -2.29. The molecule has 0 aromatic heterocycles. The molecule has 9 heteroatoms. The number of carbonyl (C=O) groups is 4. The summed E-state index contributed by atoms with van der Waals surface area (Å²) in [5.41, 5.74) is 0. The van der Waals surface area contributed by atoms with Crippen LogP contribution in [0.25, 0.3) is 0 Å². The highest BCUT2D eigenvalue weighted by atomic mass is 16.4. The van der Waals surface area contributed by atoms with E-state index in [1.54, 1.807) is 0 Å². The van der Waals surface area contributed by atoms with Crippen molar-refractivity contribution in [1.29, 1.82) is 0 Å². The summed E-state index contributed by atoms with van der Waals surface area (Å²) in [6.07, 6.45) is 5.97. The minimum absolute atomic E-state index is 0.0175. The monoisotopic (exact) mass is 353 g/mol. The molecule has 0 saturated heterocycles. The van der Waals surface area contributed by atoms with Gasteiger partial charge in [0.25, 0.3) is 0 Å². The molecule has 1 aliphatic rings. The summed E-state index contributed by atoms with van der Waals surface area (Å²) in [6, 6.07) is 0. The van der Waals surface area contributed by atoms with Crippen molar-refractivity contribution in [2.24, 2.45) is 22.0 Å². The van der Waals surface area contributed by atoms with E-state index in [2.05, 4.69) is 15.5 Å². The minimum atomic E-state index is -1.15. The molecule has 9 nitrogen and oxygen atoms in total. The van der Waals surface area contributed by atoms with Crippen LogP contribution in [0.2, 0.25) is 0 Å². The van der Waals surface area contributed by atoms with Crippen LogP contribution in [-0.2, 0) is 19.2 Å². The van der Waals surface area contributed by atoms with Crippen LogP contribution in [0.5, 0.6) is 0 Å². The van der Waals surface area contributed by atoms with Gasteiger partial charge in [-0.2, -0.15) is 0 Å². The van der Waals surface area contributed by atoms with E-state index in [1.165, 1.54) is 6.21 Å². The lowest BCUT2D eigenvalue weighted by Gasteiger charge is -2.19. The Morgan fingerprint density at radius 3 is 2.44 bits per heavy atom. The van der Waals surface area contributed by atoms with Gasteiger partial charge in [0.1, 0.15) is 6.54 Å². The Kier molecular flexibility index (Phi) is 9.20. The largest absolute Gasteiger partial charge is 0.481 e. The first-order valence-corrected chi connectivity index (χ1v) is 8.32. The van der Waals surface area contributed by atoms with Crippen LogP contribution >= 0.6 is 0 Å². The highest BCUT2D eigenvalue weighted by Crippen LogP contribution is 2.24. The lowest BCUT2D eigenvalue weighted by molar-refractivity contribution is -0.139. The summed E-state index contributed by atoms with van der Waals surface area (Å²) < 4.78 is 0. The standard InChI is InChI=1S/C16H23N3O6/c20-13(11-4-2-1-3-5-11)9-17-8-12(16(23)24)6-7-14(21)18-10-15(22)19-25/h8,11-12H,1-7,9-10H2,(H,18,21)(H,23,24). The molecule has 0 spiro atoms. The molecule has 0 heterocycles. The smallest absolute Gasteiger partial charge is 0.311 e. The van der Waals surface area contributed by atoms with Gasteiger partial charge in [-0.15, -0.1) is 4.91 Å². The number of hydrogen-bond acceptors (Lipinski definition) is 6. The molecule has 2 N–H and O–H groups in total. The van der Waals surface area contributed by atoms with E-state index in [0.29, 0.717) is 0 Å². The Morgan fingerprint density at radius 1 is 1.16 bits per heavy atom. The number of rotatable bonds is 10. The molecule has 1 rings (SSSR count). The SMILES string of the molecule is O=NC(=O)CNC(=O)CCC(C=NCC(=O)C1CCCCC1)C(=O)O. The van der Waals surface area contributed by atoms with Gasteiger partial charge in [-0.1, -0.05) is 19.3 Å². The van der Waals surface area contributed by atoms with Crippen LogP contribution < -0.4 is 5.32 Å². The van der Waals surface area contributed by atoms with E-state index in [9.17, 15) is 24.1 Å². The van der Waals surface area contributed by atoms with Crippen molar-refractivity contribution < 1.29 is 24.3 Å². The molecule has 0 aromatic carbocycles. The van der Waals surface area contributed by atoms with E-state index in [1.807, 2.05) is 0 Å². The molecule has 1 saturated carbocycles. The fourth-order valence-electron chi connectivity index (χ4n) is 2.67. The zero-order chi connectivity index (χ0) is 18.7. The van der Waals surface area contributed by atoms with Gasteiger partial charge in [-0.3, -0.25) is 24.2 Å². The lowest BCUT2D eigenvalue weighted by atomic mass is 9.86. The molecular formula is C16H23N3O6. The summed E-state index contributed by atoms with van der Waals surface area (Å²) in [5.74, 6) is -3.67. The van der Waals surface area contributed by atoms with Crippen LogP contribution in [-0.4, -0.2) is 48.0 Å². The predicted molar refractivity (Wildman–Crippen MR) is 89.1 cm³/mol. The third-order valence-electron chi connectivity index (χ3n) is 4.13. The van der Waals surface area contributed by atoms with Crippen LogP contribution in [0.4, 0.5) is 0 Å². The Morgan fingerprint density at radius 2 is 1.84 bits per heavy atom. The Bertz CT molecular complexity index is 540. The van der Waals surface area contributed by atoms with Crippen molar-refractivity contribution in [3.8, 4) is 0 Å². The molecular weight excluding hydrogens is 330 g/mol. The number of carboxylic acids is 1. The number of carbonyl (C=O) groups excluding carboxylic acids is 3. The molecule has 0 aromatic rings. The van der Waals surface area contributed by atoms with E-state index >= 15 is 0 Å². The Balaban J connectivity index is 2.38. The van der Waals surface area contributed by atoms with Gasteiger partial charge in [0.15, 0.2) is 5.78 Å². The minimum Gasteiger partial charge on any atom is -0.481 e. The first-order chi connectivity index (χ1) is 11.9. The van der Waals surface area contributed by atoms with E-state index in [-0.39, 0.29) is 31.1 Å². The van der Waals surface area contributed by atoms with E-state index in [0.717, 1.165) is 32.1 Å². The number of nitrogens with zero attached hydrogens (tertiary/aromatic N) is 2. The highest BCUT2D eigenvalue weighted by molar-refractivity contribution is 5.91. The van der Waals surface area contributed by atoms with Crippen LogP contribution in [0, 0.1) is 16.7 Å². The first kappa shape index (κ1) is 20.6. The maximum atomic E-state index is 12.0. The maximum absolute atomic E-state index is 12.0. The Labute approximate surface area is 145 Å². The molecule has 0 radical (unpaired) electrons. The van der Waals surface area contributed by atoms with Gasteiger partial charge in [0.05, 0.1) is 12.5 Å². The molecule has 0 bridgehead atoms. The van der Waals surface area contributed by atoms with Crippen LogP contribution in [0.1, 0.15) is 44.9 Å². The van der Waals surface area contributed by atoms with E-state index < -0.39 is 30.2 Å². The number of nitroso groups, excluding NO2 is 1. The summed E-state index contributed by atoms with van der Waals surface area (Å²) >= 11 is 0. The van der Waals surface area contributed by atoms with Gasteiger partial charge in [-0.05, 0) is 19.3 Å². The van der Waals surface area contributed by atoms with Gasteiger partial charge < -0.3 is 10.4 Å². The zero-order valence-electron chi connectivity index (χ0n) is 14.0. The maximum Gasteiger partial charge on any atom is 0.311 e. The highest BCUT2D eigenvalue weighted by Gasteiger charge is 2.21. The number of Topliss-reactive ketones (excluding diaryl/α,β-unsaturated/α-hetero) is 1. The second-order valence-corrected chi connectivity index (χ2v) is 6.04. The molecule has 1 atom stereocenters. The Hall–Kier alpha value is -2.45. The molecule has 2 amide bonds. The van der Waals surface area contributed by atoms with Gasteiger partial charge in [0.2, 0.25) is 5.91 Å². The average molecular weight is 353 g/mol. The first-order valence-electron chi connectivity index (χ1n) is 8.32. The third-order valence-corrected chi connectivity index (χ3v) is 4.13. The van der Waals surface area contributed by atoms with Gasteiger partial charge >= 0.3 is 11.9 Å². The number of amides is 2. The van der Waals surface area contributed by atoms with Crippen LogP contribution in [0.15, 0.2) is 10.2 Å². The van der Waals surface area contributed by atoms with Crippen molar-refractivity contribution in [3.63, 3.8) is 0 Å². The number of ketones is 1. The summed E-state index contributed by atoms with van der Waals surface area (Å²) in [7, 11) is 0. The summed E-state index contributed by atoms with van der Waals surface area (Å²) in [4.78, 5) is 59.1. The molecule has 138 valence electrons. The zero-order valence-corrected chi connectivity index (χ0v) is 14.0. The van der Waals surface area contributed by atoms with Crippen molar-refractivity contribution >= 4 is 29.8 Å². The fourth-order valence-corrected chi connectivity index (χ4v) is 2.67. The molecule has 0 aliphatic heterocycles. The molecule has 1 aliphatic carbocycles. The number of aliphatic imine (C=N–C) groups is 1. The van der Waals surface area contributed by atoms with Crippen molar-refractivity contribution in [3.05, 3.63) is 4.91 Å². The van der Waals surface area contributed by atoms with Crippen molar-refractivity contribution in [2.45, 2.75) is 44.9 Å². The fraction of sp³-hybridized carbons (Fsp3) is 0.688. The average Bonchev–Trinajstić information content (AvgIpc) is 2.62. The number of nitrogens with one attached hydrogen (secondary N) is 1. The van der Waals surface area contributed by atoms with Crippen molar-refractivity contribution in [2.75, 3.05) is 13.1 Å². The number of hydrogen-bond donors (Lipinski definition) is 2.